The Bertz CT molecular complexity index is 228. The molecule has 0 bridgehead atoms. The van der Waals surface area contributed by atoms with E-state index < -0.39 is 15.9 Å². The summed E-state index contributed by atoms with van der Waals surface area (Å²) in [6.45, 7) is 0.0471. The quantitative estimate of drug-likeness (QED) is 0.284. The molecule has 0 heterocycles. The molecule has 0 unspecified atom stereocenters. The van der Waals surface area contributed by atoms with Gasteiger partial charge in [-0.1, -0.05) is 0 Å². The summed E-state index contributed by atoms with van der Waals surface area (Å²) >= 11 is 4.62. The second kappa shape index (κ2) is 7.05. The first-order valence-electron chi connectivity index (χ1n) is 2.85. The van der Waals surface area contributed by atoms with Gasteiger partial charge in [-0.15, -0.1) is 0 Å². The molecule has 0 rings (SSSR count). The third-order valence-corrected chi connectivity index (χ3v) is 1.92. The monoisotopic (exact) mass is 220 g/mol. The third-order valence-electron chi connectivity index (χ3n) is 0.865. The van der Waals surface area contributed by atoms with Gasteiger partial charge in [-0.25, -0.2) is 8.42 Å². The van der Waals surface area contributed by atoms with E-state index in [-0.39, 0.29) is 36.1 Å². The average molecular weight is 220 g/mol. The van der Waals surface area contributed by atoms with Gasteiger partial charge in [0, 0.05) is 13.6 Å². The molecule has 0 aliphatic heterocycles. The van der Waals surface area contributed by atoms with Crippen molar-refractivity contribution in [1.82, 2.24) is 10.6 Å². The van der Waals surface area contributed by atoms with Crippen LogP contribution in [0.25, 0.3) is 0 Å². The fraction of sp³-hybridized carbons (Fsp3) is 0.750. The van der Waals surface area contributed by atoms with Crippen molar-refractivity contribution in [2.75, 3.05) is 19.3 Å². The molecule has 8 heteroatoms. The molecule has 0 radical (unpaired) electrons. The fourth-order valence-electron chi connectivity index (χ4n) is 0.378. The predicted molar refractivity (Wildman–Crippen MR) is 44.2 cm³/mol. The molecule has 0 saturated heterocycles. The second-order valence-corrected chi connectivity index (χ2v) is 3.70. The van der Waals surface area contributed by atoms with Crippen LogP contribution in [-0.4, -0.2) is 37.4 Å². The minimum atomic E-state index is -4.13. The van der Waals surface area contributed by atoms with Gasteiger partial charge in [0.25, 0.3) is 0 Å². The van der Waals surface area contributed by atoms with E-state index in [0.717, 1.165) is 0 Å². The first-order valence-corrected chi connectivity index (χ1v) is 4.83. The Labute approximate surface area is 99.3 Å². The van der Waals surface area contributed by atoms with Crippen molar-refractivity contribution in [1.29, 1.82) is 0 Å². The zero-order valence-corrected chi connectivity index (χ0v) is 10.6. The summed E-state index contributed by atoms with van der Waals surface area (Å²) in [6, 6.07) is 0. The van der Waals surface area contributed by atoms with E-state index in [1.54, 1.807) is 7.05 Å². The van der Waals surface area contributed by atoms with Gasteiger partial charge in [0.1, 0.15) is 0 Å². The Morgan fingerprint density at radius 3 is 2.42 bits per heavy atom. The molecule has 12 heavy (non-hydrogen) atoms. The van der Waals surface area contributed by atoms with Crippen molar-refractivity contribution in [2.45, 2.75) is 0 Å². The van der Waals surface area contributed by atoms with E-state index in [1.807, 2.05) is 0 Å². The van der Waals surface area contributed by atoms with Crippen LogP contribution >= 0.6 is 12.2 Å². The molecular formula is C4H9N2NaO3S2. The minimum absolute atomic E-state index is 0. The zero-order chi connectivity index (χ0) is 8.91. The molecule has 5 nitrogen and oxygen atoms in total. The van der Waals surface area contributed by atoms with E-state index >= 15 is 0 Å². The van der Waals surface area contributed by atoms with Crippen molar-refractivity contribution < 1.29 is 42.5 Å². The minimum Gasteiger partial charge on any atom is -0.748 e. The van der Waals surface area contributed by atoms with Gasteiger partial charge in [0.05, 0.1) is 15.9 Å². The average Bonchev–Trinajstić information content (AvgIpc) is 1.85. The van der Waals surface area contributed by atoms with Crippen LogP contribution in [0, 0.1) is 0 Å². The van der Waals surface area contributed by atoms with Crippen LogP contribution in [0.1, 0.15) is 0 Å². The molecule has 0 aliphatic rings. The summed E-state index contributed by atoms with van der Waals surface area (Å²) in [5.74, 6) is -0.450. The van der Waals surface area contributed by atoms with Gasteiger partial charge in [-0.2, -0.15) is 0 Å². The van der Waals surface area contributed by atoms with Gasteiger partial charge in [0.15, 0.2) is 5.11 Å². The molecule has 0 aromatic heterocycles. The van der Waals surface area contributed by atoms with Crippen LogP contribution in [-0.2, 0) is 10.1 Å². The van der Waals surface area contributed by atoms with Crippen molar-refractivity contribution in [3.05, 3.63) is 0 Å². The molecule has 0 fully saturated rings. The van der Waals surface area contributed by atoms with Crippen molar-refractivity contribution in [3.63, 3.8) is 0 Å². The molecule has 66 valence electrons. The van der Waals surface area contributed by atoms with Crippen LogP contribution in [0.2, 0.25) is 0 Å². The van der Waals surface area contributed by atoms with Crippen molar-refractivity contribution >= 4 is 27.4 Å². The molecule has 0 aliphatic carbocycles. The smallest absolute Gasteiger partial charge is 0.748 e. The summed E-state index contributed by atoms with van der Waals surface area (Å²) in [6.07, 6.45) is 0. The summed E-state index contributed by atoms with van der Waals surface area (Å²) in [4.78, 5) is 0. The summed E-state index contributed by atoms with van der Waals surface area (Å²) < 4.78 is 30.1. The normalized spacial score (nSPS) is 9.83. The maximum Gasteiger partial charge on any atom is 1.00 e. The van der Waals surface area contributed by atoms with E-state index in [9.17, 15) is 13.0 Å². The molecule has 0 amide bonds. The summed E-state index contributed by atoms with van der Waals surface area (Å²) in [7, 11) is -2.53. The second-order valence-electron chi connectivity index (χ2n) is 1.77. The van der Waals surface area contributed by atoms with Crippen LogP contribution in [0.4, 0.5) is 0 Å². The Kier molecular flexibility index (Phi) is 8.86. The standard InChI is InChI=1S/C4H10N2O3S2.Na/c1-5-4(10)6-2-3-11(7,8)9;/h2-3H2,1H3,(H2,5,6,10)(H,7,8,9);/q;+1/p-1. The molecular weight excluding hydrogens is 211 g/mol. The van der Waals surface area contributed by atoms with Crippen LogP contribution in [0.5, 0.6) is 0 Å². The van der Waals surface area contributed by atoms with Crippen LogP contribution in [0.15, 0.2) is 0 Å². The molecule has 0 aromatic rings. The maximum atomic E-state index is 10.0. The van der Waals surface area contributed by atoms with Gasteiger partial charge in [0.2, 0.25) is 0 Å². The summed E-state index contributed by atoms with van der Waals surface area (Å²) in [5.41, 5.74) is 0. The first kappa shape index (κ1) is 15.1. The Morgan fingerprint density at radius 1 is 1.58 bits per heavy atom. The molecule has 0 aromatic carbocycles. The Hall–Kier alpha value is 0.600. The fourth-order valence-corrected chi connectivity index (χ4v) is 0.832. The van der Waals surface area contributed by atoms with Crippen LogP contribution < -0.4 is 40.2 Å². The van der Waals surface area contributed by atoms with Crippen molar-refractivity contribution in [3.8, 4) is 0 Å². The Morgan fingerprint density at radius 2 is 2.08 bits per heavy atom. The number of hydrogen-bond acceptors (Lipinski definition) is 4. The largest absolute Gasteiger partial charge is 1.00 e. The van der Waals surface area contributed by atoms with Gasteiger partial charge >= 0.3 is 29.6 Å². The number of hydrogen-bond donors (Lipinski definition) is 2. The number of thiocarbonyl (C=S) groups is 1. The summed E-state index contributed by atoms with van der Waals surface area (Å²) in [5, 5.41) is 5.43. The van der Waals surface area contributed by atoms with E-state index in [1.165, 1.54) is 0 Å². The van der Waals surface area contributed by atoms with Crippen molar-refractivity contribution in [2.24, 2.45) is 0 Å². The predicted octanol–water partition coefficient (Wildman–Crippen LogP) is -4.37. The Balaban J connectivity index is 0. The SMILES string of the molecule is CNC(=S)NCCS(=O)(=O)[O-].[Na+]. The number of nitrogens with one attached hydrogen (secondary N) is 2. The maximum absolute atomic E-state index is 10.0. The van der Waals surface area contributed by atoms with Gasteiger partial charge in [-0.05, 0) is 12.2 Å². The third kappa shape index (κ3) is 10.6. The zero-order valence-electron chi connectivity index (χ0n) is 6.96. The van der Waals surface area contributed by atoms with E-state index in [2.05, 4.69) is 22.9 Å². The topological polar surface area (TPSA) is 81.3 Å². The first-order chi connectivity index (χ1) is 4.95. The molecule has 0 spiro atoms. The van der Waals surface area contributed by atoms with E-state index in [0.29, 0.717) is 5.11 Å². The van der Waals surface area contributed by atoms with Crippen LogP contribution in [0.3, 0.4) is 0 Å². The van der Waals surface area contributed by atoms with Gasteiger partial charge < -0.3 is 15.2 Å². The van der Waals surface area contributed by atoms with Gasteiger partial charge in [-0.3, -0.25) is 0 Å². The molecule has 0 saturated carbocycles. The molecule has 0 atom stereocenters. The van der Waals surface area contributed by atoms with E-state index in [4.69, 9.17) is 0 Å². The molecule has 2 N–H and O–H groups in total. The number of rotatable bonds is 3.